The summed E-state index contributed by atoms with van der Waals surface area (Å²) < 4.78 is 15.4. The van der Waals surface area contributed by atoms with Crippen molar-refractivity contribution >= 4 is 16.3 Å². The number of fused-ring (bicyclic) bond motifs is 1. The molecule has 1 aromatic carbocycles. The van der Waals surface area contributed by atoms with Crippen LogP contribution >= 0.6 is 11.3 Å². The Bertz CT molecular complexity index is 906. The normalized spacial score (nSPS) is 20.2. The molecule has 1 fully saturated rings. The molecule has 0 amide bonds. The first kappa shape index (κ1) is 16.5. The van der Waals surface area contributed by atoms with Crippen LogP contribution < -0.4 is 0 Å². The van der Waals surface area contributed by atoms with E-state index in [-0.39, 0.29) is 17.7 Å². The Hall–Kier alpha value is -1.99. The molecule has 1 N–H and O–H groups in total. The molecule has 0 spiro atoms. The highest BCUT2D eigenvalue weighted by molar-refractivity contribution is 7.17. The summed E-state index contributed by atoms with van der Waals surface area (Å²) in [6.07, 6.45) is 2.31. The third-order valence-corrected chi connectivity index (χ3v) is 5.84. The smallest absolute Gasteiger partial charge is 0.230 e. The lowest BCUT2D eigenvalue weighted by atomic mass is 9.95. The monoisotopic (exact) mass is 360 g/mol. The van der Waals surface area contributed by atoms with Gasteiger partial charge in [-0.15, -0.1) is 5.10 Å². The second-order valence-corrected chi connectivity index (χ2v) is 7.85. The largest absolute Gasteiger partial charge is 0.492 e. The summed E-state index contributed by atoms with van der Waals surface area (Å²) >= 11 is 1.42. The van der Waals surface area contributed by atoms with Crippen LogP contribution in [-0.4, -0.2) is 37.7 Å². The van der Waals surface area contributed by atoms with Crippen LogP contribution in [0.15, 0.2) is 24.3 Å². The number of halogens is 1. The Balaban J connectivity index is 1.83. The van der Waals surface area contributed by atoms with Crippen molar-refractivity contribution < 1.29 is 9.50 Å². The average Bonchev–Trinajstić information content (AvgIpc) is 3.06. The van der Waals surface area contributed by atoms with E-state index in [1.807, 2.05) is 6.07 Å². The molecular weight excluding hydrogens is 339 g/mol. The zero-order valence-electron chi connectivity index (χ0n) is 14.3. The van der Waals surface area contributed by atoms with Crippen LogP contribution in [0.2, 0.25) is 0 Å². The molecule has 4 rings (SSSR count). The quantitative estimate of drug-likeness (QED) is 0.773. The summed E-state index contributed by atoms with van der Waals surface area (Å²) in [6.45, 7) is 5.89. The zero-order chi connectivity index (χ0) is 17.6. The second-order valence-electron chi connectivity index (χ2n) is 6.84. The van der Waals surface area contributed by atoms with Crippen molar-refractivity contribution in [3.05, 3.63) is 46.3 Å². The van der Waals surface area contributed by atoms with E-state index < -0.39 is 0 Å². The number of hydrogen-bond donors (Lipinski definition) is 1. The van der Waals surface area contributed by atoms with Gasteiger partial charge in [-0.25, -0.2) is 9.37 Å². The van der Waals surface area contributed by atoms with Gasteiger partial charge in [-0.2, -0.15) is 4.52 Å². The number of aromatic hydroxyl groups is 1. The van der Waals surface area contributed by atoms with Gasteiger partial charge in [-0.3, -0.25) is 4.90 Å². The van der Waals surface area contributed by atoms with Crippen LogP contribution in [0.25, 0.3) is 4.96 Å². The molecule has 0 unspecified atom stereocenters. The molecule has 7 heteroatoms. The summed E-state index contributed by atoms with van der Waals surface area (Å²) in [5.41, 5.74) is 0.852. The van der Waals surface area contributed by atoms with Crippen molar-refractivity contribution in [2.45, 2.75) is 32.7 Å². The highest BCUT2D eigenvalue weighted by Gasteiger charge is 2.31. The van der Waals surface area contributed by atoms with Gasteiger partial charge in [0.1, 0.15) is 11.6 Å². The fourth-order valence-electron chi connectivity index (χ4n) is 3.69. The maximum Gasteiger partial charge on any atom is 0.230 e. The molecule has 1 aliphatic rings. The molecule has 1 saturated heterocycles. The summed E-state index contributed by atoms with van der Waals surface area (Å²) in [5, 5.41) is 15.0. The van der Waals surface area contributed by atoms with Crippen molar-refractivity contribution in [3.63, 3.8) is 0 Å². The van der Waals surface area contributed by atoms with Crippen LogP contribution in [0, 0.1) is 18.7 Å². The van der Waals surface area contributed by atoms with Crippen molar-refractivity contribution in [2.24, 2.45) is 5.92 Å². The van der Waals surface area contributed by atoms with Crippen LogP contribution in [0.5, 0.6) is 5.88 Å². The van der Waals surface area contributed by atoms with Gasteiger partial charge in [0.05, 0.1) is 10.9 Å². The average molecular weight is 360 g/mol. The van der Waals surface area contributed by atoms with Crippen molar-refractivity contribution in [3.8, 4) is 5.88 Å². The molecule has 25 heavy (non-hydrogen) atoms. The molecule has 0 saturated carbocycles. The zero-order valence-corrected chi connectivity index (χ0v) is 15.1. The van der Waals surface area contributed by atoms with Gasteiger partial charge in [0.15, 0.2) is 0 Å². The van der Waals surface area contributed by atoms with E-state index in [9.17, 15) is 9.50 Å². The number of piperidine rings is 1. The second kappa shape index (κ2) is 6.38. The fraction of sp³-hybridized carbons (Fsp3) is 0.444. The molecule has 0 radical (unpaired) electrons. The van der Waals surface area contributed by atoms with E-state index in [4.69, 9.17) is 0 Å². The minimum Gasteiger partial charge on any atom is -0.492 e. The third kappa shape index (κ3) is 3.02. The first-order chi connectivity index (χ1) is 12.0. The van der Waals surface area contributed by atoms with E-state index >= 15 is 0 Å². The van der Waals surface area contributed by atoms with Gasteiger partial charge in [0.2, 0.25) is 10.8 Å². The molecule has 2 atom stereocenters. The Labute approximate surface area is 149 Å². The van der Waals surface area contributed by atoms with E-state index in [0.29, 0.717) is 16.7 Å². The molecule has 5 nitrogen and oxygen atoms in total. The first-order valence-corrected chi connectivity index (χ1v) is 9.39. The van der Waals surface area contributed by atoms with Crippen LogP contribution in [0.4, 0.5) is 4.39 Å². The fourth-order valence-corrected chi connectivity index (χ4v) is 4.85. The summed E-state index contributed by atoms with van der Waals surface area (Å²) in [4.78, 5) is 8.14. The van der Waals surface area contributed by atoms with Crippen molar-refractivity contribution in [1.82, 2.24) is 19.5 Å². The molecule has 132 valence electrons. The lowest BCUT2D eigenvalue weighted by Gasteiger charge is -2.37. The molecule has 0 aliphatic carbocycles. The predicted octanol–water partition coefficient (Wildman–Crippen LogP) is 3.77. The van der Waals surface area contributed by atoms with Crippen LogP contribution in [-0.2, 0) is 0 Å². The number of likely N-dealkylation sites (tertiary alicyclic amines) is 1. The lowest BCUT2D eigenvalue weighted by molar-refractivity contribution is 0.149. The number of thiazole rings is 1. The van der Waals surface area contributed by atoms with Gasteiger partial charge < -0.3 is 5.11 Å². The number of nitrogens with zero attached hydrogens (tertiary/aromatic N) is 4. The van der Waals surface area contributed by atoms with E-state index in [2.05, 4.69) is 21.9 Å². The van der Waals surface area contributed by atoms with Gasteiger partial charge in [-0.05, 0) is 49.9 Å². The van der Waals surface area contributed by atoms with Gasteiger partial charge in [0.25, 0.3) is 0 Å². The number of hydrogen-bond acceptors (Lipinski definition) is 5. The van der Waals surface area contributed by atoms with Crippen molar-refractivity contribution in [2.75, 3.05) is 13.1 Å². The minimum absolute atomic E-state index is 0.105. The molecule has 3 aromatic rings. The van der Waals surface area contributed by atoms with E-state index in [1.54, 1.807) is 19.1 Å². The Kier molecular flexibility index (Phi) is 4.21. The maximum atomic E-state index is 13.9. The Morgan fingerprint density at radius 1 is 1.40 bits per heavy atom. The Morgan fingerprint density at radius 2 is 2.24 bits per heavy atom. The summed E-state index contributed by atoms with van der Waals surface area (Å²) in [7, 11) is 0. The molecule has 0 bridgehead atoms. The van der Waals surface area contributed by atoms with Crippen LogP contribution in [0.3, 0.4) is 0 Å². The molecule has 3 heterocycles. The standard InChI is InChI=1S/C18H21FN4OS/c1-11-5-4-8-22(10-11)15(13-6-3-7-14(19)9-13)16-17(24)23-18(25-16)20-12(2)21-23/h3,6-7,9,11,15,24H,4-5,8,10H2,1-2H3/t11-,15+/m1/s1. The number of rotatable bonds is 3. The summed E-state index contributed by atoms with van der Waals surface area (Å²) in [5.74, 6) is 1.05. The van der Waals surface area contributed by atoms with Gasteiger partial charge in [0, 0.05) is 6.54 Å². The topological polar surface area (TPSA) is 53.7 Å². The number of aryl methyl sites for hydroxylation is 1. The Morgan fingerprint density at radius 3 is 2.96 bits per heavy atom. The first-order valence-electron chi connectivity index (χ1n) is 8.57. The number of benzene rings is 1. The summed E-state index contributed by atoms with van der Waals surface area (Å²) in [6, 6.07) is 6.47. The SMILES string of the molecule is Cc1nc2sc([C@H](c3cccc(F)c3)N3CCC[C@@H](C)C3)c(O)n2n1. The maximum absolute atomic E-state index is 13.9. The highest BCUT2D eigenvalue weighted by Crippen LogP contribution is 2.41. The number of aromatic nitrogens is 3. The molecule has 1 aliphatic heterocycles. The van der Waals surface area contributed by atoms with Crippen molar-refractivity contribution in [1.29, 1.82) is 0 Å². The predicted molar refractivity (Wildman–Crippen MR) is 95.5 cm³/mol. The van der Waals surface area contributed by atoms with Gasteiger partial charge >= 0.3 is 0 Å². The molecular formula is C18H21FN4OS. The highest BCUT2D eigenvalue weighted by atomic mass is 32.1. The lowest BCUT2D eigenvalue weighted by Crippen LogP contribution is -2.37. The van der Waals surface area contributed by atoms with E-state index in [1.165, 1.54) is 28.3 Å². The molecule has 2 aromatic heterocycles. The van der Waals surface area contributed by atoms with E-state index in [0.717, 1.165) is 30.0 Å². The van der Waals surface area contributed by atoms with Crippen LogP contribution in [0.1, 0.15) is 42.1 Å². The third-order valence-electron chi connectivity index (χ3n) is 4.77. The minimum atomic E-state index is -0.262. The van der Waals surface area contributed by atoms with Gasteiger partial charge in [-0.1, -0.05) is 30.4 Å².